The molecular formula is C16H22O2. The Kier molecular flexibility index (Phi) is 4.18. The lowest BCUT2D eigenvalue weighted by Gasteiger charge is -2.33. The van der Waals surface area contributed by atoms with Crippen LogP contribution in [0.4, 0.5) is 0 Å². The Morgan fingerprint density at radius 2 is 1.94 bits per heavy atom. The summed E-state index contributed by atoms with van der Waals surface area (Å²) in [6.45, 7) is 5.57. The third-order valence-electron chi connectivity index (χ3n) is 4.31. The Hall–Kier alpha value is -1.15. The van der Waals surface area contributed by atoms with E-state index in [2.05, 4.69) is 26.0 Å². The van der Waals surface area contributed by atoms with Gasteiger partial charge in [-0.25, -0.2) is 0 Å². The Balaban J connectivity index is 2.34. The van der Waals surface area contributed by atoms with Crippen molar-refractivity contribution in [3.8, 4) is 0 Å². The number of benzene rings is 1. The Morgan fingerprint density at radius 1 is 1.28 bits per heavy atom. The molecule has 0 N–H and O–H groups in total. The maximum atomic E-state index is 12.9. The number of hydrogen-bond donors (Lipinski definition) is 0. The zero-order valence-electron chi connectivity index (χ0n) is 11.3. The van der Waals surface area contributed by atoms with Crippen molar-refractivity contribution in [1.29, 1.82) is 0 Å². The number of Topliss-reactive ketones (excluding diaryl/α,β-unsaturated/α-hetero) is 1. The molecule has 0 saturated carbocycles. The fourth-order valence-corrected chi connectivity index (χ4v) is 3.04. The quantitative estimate of drug-likeness (QED) is 0.796. The molecule has 1 aliphatic heterocycles. The third-order valence-corrected chi connectivity index (χ3v) is 4.31. The van der Waals surface area contributed by atoms with E-state index >= 15 is 0 Å². The maximum Gasteiger partial charge on any atom is 0.148 e. The second-order valence-corrected chi connectivity index (χ2v) is 5.08. The molecule has 0 spiro atoms. The molecule has 1 aromatic rings. The molecule has 0 aliphatic carbocycles. The fraction of sp³-hybridized carbons (Fsp3) is 0.562. The Bertz CT molecular complexity index is 387. The fourth-order valence-electron chi connectivity index (χ4n) is 3.04. The van der Waals surface area contributed by atoms with Crippen LogP contribution in [0.15, 0.2) is 30.3 Å². The molecule has 18 heavy (non-hydrogen) atoms. The Labute approximate surface area is 109 Å². The number of carbonyl (C=O) groups is 1. The van der Waals surface area contributed by atoms with E-state index in [1.54, 1.807) is 0 Å². The van der Waals surface area contributed by atoms with Gasteiger partial charge in [0.15, 0.2) is 0 Å². The lowest BCUT2D eigenvalue weighted by molar-refractivity contribution is -0.129. The van der Waals surface area contributed by atoms with Gasteiger partial charge in [-0.2, -0.15) is 0 Å². The minimum Gasteiger partial charge on any atom is -0.381 e. The summed E-state index contributed by atoms with van der Waals surface area (Å²) < 4.78 is 5.38. The first-order valence-electron chi connectivity index (χ1n) is 6.92. The summed E-state index contributed by atoms with van der Waals surface area (Å²) in [5, 5.41) is 0. The molecule has 1 saturated heterocycles. The first-order valence-corrected chi connectivity index (χ1v) is 6.92. The normalized spacial score (nSPS) is 20.0. The Morgan fingerprint density at radius 3 is 2.44 bits per heavy atom. The number of ether oxygens (including phenoxy) is 1. The van der Waals surface area contributed by atoms with Crippen LogP contribution >= 0.6 is 0 Å². The summed E-state index contributed by atoms with van der Waals surface area (Å²) >= 11 is 0. The van der Waals surface area contributed by atoms with Crippen LogP contribution in [0.5, 0.6) is 0 Å². The van der Waals surface area contributed by atoms with E-state index in [0.717, 1.165) is 31.4 Å². The van der Waals surface area contributed by atoms with Crippen molar-refractivity contribution in [1.82, 2.24) is 0 Å². The van der Waals surface area contributed by atoms with Crippen molar-refractivity contribution < 1.29 is 9.53 Å². The second-order valence-electron chi connectivity index (χ2n) is 5.08. The van der Waals surface area contributed by atoms with Gasteiger partial charge in [0.2, 0.25) is 0 Å². The predicted molar refractivity (Wildman–Crippen MR) is 72.6 cm³/mol. The zero-order valence-corrected chi connectivity index (χ0v) is 11.3. The smallest absolute Gasteiger partial charge is 0.148 e. The van der Waals surface area contributed by atoms with Crippen molar-refractivity contribution in [2.45, 2.75) is 38.5 Å². The van der Waals surface area contributed by atoms with Crippen LogP contribution in [0.25, 0.3) is 0 Å². The summed E-state index contributed by atoms with van der Waals surface area (Å²) in [6, 6.07) is 10.2. The molecule has 1 heterocycles. The molecular weight excluding hydrogens is 224 g/mol. The van der Waals surface area contributed by atoms with Gasteiger partial charge in [0.05, 0.1) is 12.0 Å². The first kappa shape index (κ1) is 13.3. The van der Waals surface area contributed by atoms with E-state index in [1.807, 2.05) is 18.2 Å². The van der Waals surface area contributed by atoms with Gasteiger partial charge in [0.25, 0.3) is 0 Å². The van der Waals surface area contributed by atoms with Gasteiger partial charge in [-0.05, 0) is 24.8 Å². The highest BCUT2D eigenvalue weighted by molar-refractivity contribution is 5.92. The average Bonchev–Trinajstić information content (AvgIpc) is 2.96. The highest BCUT2D eigenvalue weighted by atomic mass is 16.5. The molecule has 1 unspecified atom stereocenters. The van der Waals surface area contributed by atoms with Gasteiger partial charge in [-0.3, -0.25) is 4.79 Å². The van der Waals surface area contributed by atoms with Gasteiger partial charge in [0, 0.05) is 12.5 Å². The SMILES string of the molecule is CCC(CC)(C(=O)C1CCOC1)c1ccccc1. The van der Waals surface area contributed by atoms with E-state index in [-0.39, 0.29) is 11.3 Å². The number of rotatable bonds is 5. The molecule has 98 valence electrons. The van der Waals surface area contributed by atoms with Gasteiger partial charge in [-0.1, -0.05) is 44.2 Å². The summed E-state index contributed by atoms with van der Waals surface area (Å²) in [6.07, 6.45) is 2.61. The molecule has 2 nitrogen and oxygen atoms in total. The van der Waals surface area contributed by atoms with Gasteiger partial charge in [-0.15, -0.1) is 0 Å². The lowest BCUT2D eigenvalue weighted by atomic mass is 9.69. The predicted octanol–water partition coefficient (Wildman–Crippen LogP) is 3.35. The molecule has 0 amide bonds. The second kappa shape index (κ2) is 5.66. The standard InChI is InChI=1S/C16H22O2/c1-3-16(4-2,14-8-6-5-7-9-14)15(17)13-10-11-18-12-13/h5-9,13H,3-4,10-12H2,1-2H3. The summed E-state index contributed by atoms with van der Waals surface area (Å²) in [5.41, 5.74) is 0.839. The van der Waals surface area contributed by atoms with Crippen molar-refractivity contribution in [3.63, 3.8) is 0 Å². The molecule has 0 radical (unpaired) electrons. The van der Waals surface area contributed by atoms with Crippen LogP contribution < -0.4 is 0 Å². The third kappa shape index (κ3) is 2.22. The summed E-state index contributed by atoms with van der Waals surface area (Å²) in [4.78, 5) is 12.9. The number of carbonyl (C=O) groups excluding carboxylic acids is 1. The molecule has 1 atom stereocenters. The van der Waals surface area contributed by atoms with Gasteiger partial charge >= 0.3 is 0 Å². The lowest BCUT2D eigenvalue weighted by Crippen LogP contribution is -2.39. The van der Waals surface area contributed by atoms with Gasteiger partial charge < -0.3 is 4.74 Å². The topological polar surface area (TPSA) is 26.3 Å². The molecule has 1 aromatic carbocycles. The molecule has 2 rings (SSSR count). The van der Waals surface area contributed by atoms with E-state index in [1.165, 1.54) is 0 Å². The van der Waals surface area contributed by atoms with E-state index in [0.29, 0.717) is 12.4 Å². The molecule has 2 heteroatoms. The highest BCUT2D eigenvalue weighted by Crippen LogP contribution is 2.36. The van der Waals surface area contributed by atoms with Crippen LogP contribution in [0.2, 0.25) is 0 Å². The molecule has 1 fully saturated rings. The van der Waals surface area contributed by atoms with E-state index in [4.69, 9.17) is 4.74 Å². The van der Waals surface area contributed by atoms with Crippen molar-refractivity contribution in [2.75, 3.05) is 13.2 Å². The minimum atomic E-state index is -0.320. The van der Waals surface area contributed by atoms with Crippen molar-refractivity contribution in [2.24, 2.45) is 5.92 Å². The van der Waals surface area contributed by atoms with Crippen LogP contribution in [0.3, 0.4) is 0 Å². The summed E-state index contributed by atoms with van der Waals surface area (Å²) in [5.74, 6) is 0.460. The first-order chi connectivity index (χ1) is 8.74. The monoisotopic (exact) mass is 246 g/mol. The summed E-state index contributed by atoms with van der Waals surface area (Å²) in [7, 11) is 0. The zero-order chi connectivity index (χ0) is 13.0. The number of hydrogen-bond acceptors (Lipinski definition) is 2. The molecule has 1 aliphatic rings. The molecule has 0 bridgehead atoms. The van der Waals surface area contributed by atoms with Crippen LogP contribution in [-0.2, 0) is 14.9 Å². The van der Waals surface area contributed by atoms with Crippen LogP contribution in [0, 0.1) is 5.92 Å². The van der Waals surface area contributed by atoms with Gasteiger partial charge in [0.1, 0.15) is 5.78 Å². The van der Waals surface area contributed by atoms with Crippen molar-refractivity contribution >= 4 is 5.78 Å². The largest absolute Gasteiger partial charge is 0.381 e. The average molecular weight is 246 g/mol. The van der Waals surface area contributed by atoms with E-state index < -0.39 is 0 Å². The highest BCUT2D eigenvalue weighted by Gasteiger charge is 2.41. The van der Waals surface area contributed by atoms with Crippen molar-refractivity contribution in [3.05, 3.63) is 35.9 Å². The van der Waals surface area contributed by atoms with Crippen LogP contribution in [-0.4, -0.2) is 19.0 Å². The van der Waals surface area contributed by atoms with E-state index in [9.17, 15) is 4.79 Å². The maximum absolute atomic E-state index is 12.9. The van der Waals surface area contributed by atoms with Crippen LogP contribution in [0.1, 0.15) is 38.7 Å². The minimum absolute atomic E-state index is 0.0881. The number of ketones is 1. The molecule has 0 aromatic heterocycles.